The maximum Gasteiger partial charge on any atom is 0.339 e. The number of amides is 1. The molecule has 2 N–H and O–H groups in total. The van der Waals surface area contributed by atoms with Crippen molar-refractivity contribution in [2.24, 2.45) is 0 Å². The number of aromatic nitrogens is 2. The van der Waals surface area contributed by atoms with Crippen LogP contribution in [0.3, 0.4) is 0 Å². The number of nitrogens with zero attached hydrogens (tertiary/aromatic N) is 1. The van der Waals surface area contributed by atoms with E-state index in [9.17, 15) is 9.59 Å². The first-order valence-corrected chi connectivity index (χ1v) is 9.56. The molecule has 5 rings (SSSR count). The normalized spacial score (nSPS) is 13.0. The van der Waals surface area contributed by atoms with Crippen LogP contribution in [0.1, 0.15) is 23.1 Å². The molecule has 0 saturated carbocycles. The maximum absolute atomic E-state index is 12.3. The fraction of sp³-hybridized carbons (Fsp3) is 0.227. The van der Waals surface area contributed by atoms with Crippen LogP contribution in [-0.2, 0) is 17.6 Å². The number of fused-ring (bicyclic) bond motifs is 4. The van der Waals surface area contributed by atoms with Gasteiger partial charge in [0.05, 0.1) is 11.0 Å². The number of hydrogen-bond acceptors (Lipinski definition) is 5. The lowest BCUT2D eigenvalue weighted by atomic mass is 10.0. The molecule has 0 bridgehead atoms. The van der Waals surface area contributed by atoms with Crippen LogP contribution in [0.2, 0.25) is 0 Å². The number of H-pyrrole nitrogens is 1. The highest BCUT2D eigenvalue weighted by molar-refractivity contribution is 5.92. The zero-order valence-corrected chi connectivity index (χ0v) is 15.9. The van der Waals surface area contributed by atoms with Crippen LogP contribution < -0.4 is 15.7 Å². The van der Waals surface area contributed by atoms with Gasteiger partial charge in [-0.1, -0.05) is 12.1 Å². The highest BCUT2D eigenvalue weighted by Crippen LogP contribution is 2.33. The molecule has 0 radical (unpaired) electrons. The van der Waals surface area contributed by atoms with Gasteiger partial charge in [0.15, 0.2) is 6.61 Å². The predicted octanol–water partition coefficient (Wildman–Crippen LogP) is 3.48. The van der Waals surface area contributed by atoms with E-state index in [-0.39, 0.29) is 18.1 Å². The highest BCUT2D eigenvalue weighted by atomic mass is 16.5. The quantitative estimate of drug-likeness (QED) is 0.521. The van der Waals surface area contributed by atoms with E-state index in [0.717, 1.165) is 46.8 Å². The minimum atomic E-state index is -0.334. The fourth-order valence-corrected chi connectivity index (χ4v) is 3.94. The van der Waals surface area contributed by atoms with Crippen molar-refractivity contribution in [2.45, 2.75) is 26.2 Å². The minimum Gasteiger partial charge on any atom is -0.483 e. The molecule has 29 heavy (non-hydrogen) atoms. The number of aryl methyl sites for hydroxylation is 2. The van der Waals surface area contributed by atoms with Gasteiger partial charge in [-0.2, -0.15) is 0 Å². The summed E-state index contributed by atoms with van der Waals surface area (Å²) in [5.74, 6) is 0.550. The third kappa shape index (κ3) is 3.04. The second-order valence-corrected chi connectivity index (χ2v) is 7.20. The van der Waals surface area contributed by atoms with Crippen LogP contribution in [0.25, 0.3) is 22.0 Å². The first-order valence-electron chi connectivity index (χ1n) is 9.56. The molecule has 1 aliphatic rings. The lowest BCUT2D eigenvalue weighted by Crippen LogP contribution is -2.21. The van der Waals surface area contributed by atoms with E-state index >= 15 is 0 Å². The summed E-state index contributed by atoms with van der Waals surface area (Å²) in [7, 11) is 0. The molecule has 1 aliphatic carbocycles. The van der Waals surface area contributed by atoms with Crippen molar-refractivity contribution < 1.29 is 13.9 Å². The van der Waals surface area contributed by atoms with Crippen LogP contribution in [0, 0.1) is 6.92 Å². The number of benzene rings is 2. The largest absolute Gasteiger partial charge is 0.483 e. The van der Waals surface area contributed by atoms with Crippen LogP contribution in [0.5, 0.6) is 5.75 Å². The third-order valence-corrected chi connectivity index (χ3v) is 5.35. The second kappa shape index (κ2) is 6.77. The Labute approximate surface area is 165 Å². The van der Waals surface area contributed by atoms with Crippen molar-refractivity contribution in [3.05, 3.63) is 63.5 Å². The Balaban J connectivity index is 1.35. The molecule has 0 aliphatic heterocycles. The summed E-state index contributed by atoms with van der Waals surface area (Å²) < 4.78 is 11.3. The Kier molecular flexibility index (Phi) is 4.08. The van der Waals surface area contributed by atoms with Crippen molar-refractivity contribution in [1.29, 1.82) is 0 Å². The summed E-state index contributed by atoms with van der Waals surface area (Å²) in [6.07, 6.45) is 2.63. The molecule has 7 heteroatoms. The molecule has 1 amide bonds. The summed E-state index contributed by atoms with van der Waals surface area (Å²) in [5.41, 5.74) is 4.46. The Morgan fingerprint density at radius 1 is 1.21 bits per heavy atom. The molecule has 146 valence electrons. The molecular formula is C22H19N3O4. The summed E-state index contributed by atoms with van der Waals surface area (Å²) in [4.78, 5) is 31.9. The fourth-order valence-electron chi connectivity index (χ4n) is 3.94. The van der Waals surface area contributed by atoms with Gasteiger partial charge >= 0.3 is 5.63 Å². The molecule has 2 aromatic carbocycles. The number of rotatable bonds is 4. The van der Waals surface area contributed by atoms with Crippen molar-refractivity contribution in [3.8, 4) is 5.75 Å². The van der Waals surface area contributed by atoms with Gasteiger partial charge < -0.3 is 14.1 Å². The van der Waals surface area contributed by atoms with Gasteiger partial charge in [0.2, 0.25) is 5.95 Å². The smallest absolute Gasteiger partial charge is 0.339 e. The van der Waals surface area contributed by atoms with Gasteiger partial charge in [-0.25, -0.2) is 9.78 Å². The summed E-state index contributed by atoms with van der Waals surface area (Å²) >= 11 is 0. The van der Waals surface area contributed by atoms with E-state index in [1.54, 1.807) is 0 Å². The van der Waals surface area contributed by atoms with Gasteiger partial charge in [-0.3, -0.25) is 10.1 Å². The van der Waals surface area contributed by atoms with Gasteiger partial charge in [0.1, 0.15) is 11.3 Å². The zero-order valence-electron chi connectivity index (χ0n) is 15.9. The molecular weight excluding hydrogens is 370 g/mol. The molecule has 2 aromatic heterocycles. The average Bonchev–Trinajstić information content (AvgIpc) is 3.35. The van der Waals surface area contributed by atoms with Gasteiger partial charge in [0, 0.05) is 16.5 Å². The SMILES string of the molecule is Cc1c(OCC(=O)Nc2nc3ccccc3[nH]2)ccc2c3c(c(=O)oc12)CCC3. The molecule has 7 nitrogen and oxygen atoms in total. The first kappa shape index (κ1) is 17.5. The number of hydrogen-bond donors (Lipinski definition) is 2. The maximum atomic E-state index is 12.3. The van der Waals surface area contributed by atoms with Crippen LogP contribution >= 0.6 is 0 Å². The van der Waals surface area contributed by atoms with Crippen molar-refractivity contribution in [3.63, 3.8) is 0 Å². The van der Waals surface area contributed by atoms with E-state index in [2.05, 4.69) is 15.3 Å². The van der Waals surface area contributed by atoms with Crippen molar-refractivity contribution >= 4 is 33.9 Å². The van der Waals surface area contributed by atoms with Gasteiger partial charge in [-0.15, -0.1) is 0 Å². The van der Waals surface area contributed by atoms with Crippen LogP contribution in [0.15, 0.2) is 45.6 Å². The van der Waals surface area contributed by atoms with Gasteiger partial charge in [-0.05, 0) is 56.0 Å². The molecule has 0 spiro atoms. The lowest BCUT2D eigenvalue weighted by Gasteiger charge is -2.12. The Morgan fingerprint density at radius 2 is 2.03 bits per heavy atom. The number of para-hydroxylation sites is 2. The second-order valence-electron chi connectivity index (χ2n) is 7.20. The number of aromatic amines is 1. The van der Waals surface area contributed by atoms with Crippen molar-refractivity contribution in [2.75, 3.05) is 11.9 Å². The topological polar surface area (TPSA) is 97.2 Å². The number of carbonyl (C=O) groups is 1. The number of ether oxygens (including phenoxy) is 1. The standard InChI is InChI=1S/C22H19N3O4/c1-12-18(10-9-14-13-5-4-6-15(13)21(27)29-20(12)14)28-11-19(26)25-22-23-16-7-2-3-8-17(16)24-22/h2-3,7-10H,4-6,11H2,1H3,(H2,23,24,25,26). The van der Waals surface area contributed by atoms with Crippen LogP contribution in [0.4, 0.5) is 5.95 Å². The summed E-state index contributed by atoms with van der Waals surface area (Å²) in [5, 5.41) is 3.65. The van der Waals surface area contributed by atoms with E-state index in [1.807, 2.05) is 43.3 Å². The monoisotopic (exact) mass is 389 g/mol. The average molecular weight is 389 g/mol. The van der Waals surface area contributed by atoms with E-state index < -0.39 is 0 Å². The predicted molar refractivity (Wildman–Crippen MR) is 109 cm³/mol. The Morgan fingerprint density at radius 3 is 2.90 bits per heavy atom. The molecule has 0 fully saturated rings. The summed E-state index contributed by atoms with van der Waals surface area (Å²) in [6, 6.07) is 11.3. The van der Waals surface area contributed by atoms with Gasteiger partial charge in [0.25, 0.3) is 5.91 Å². The molecule has 0 unspecified atom stereocenters. The van der Waals surface area contributed by atoms with Crippen molar-refractivity contribution in [1.82, 2.24) is 9.97 Å². The number of imidazole rings is 1. The molecule has 2 heterocycles. The Hall–Kier alpha value is -3.61. The van der Waals surface area contributed by atoms with Crippen LogP contribution in [-0.4, -0.2) is 22.5 Å². The molecule has 0 atom stereocenters. The molecule has 4 aromatic rings. The molecule has 0 saturated heterocycles. The zero-order chi connectivity index (χ0) is 20.0. The van der Waals surface area contributed by atoms with E-state index in [4.69, 9.17) is 9.15 Å². The Bertz CT molecular complexity index is 1290. The number of anilines is 1. The lowest BCUT2D eigenvalue weighted by molar-refractivity contribution is -0.118. The minimum absolute atomic E-state index is 0.182. The summed E-state index contributed by atoms with van der Waals surface area (Å²) in [6.45, 7) is 1.65. The van der Waals surface area contributed by atoms with E-state index in [1.165, 1.54) is 0 Å². The number of nitrogens with one attached hydrogen (secondary N) is 2. The van der Waals surface area contributed by atoms with E-state index in [0.29, 0.717) is 22.8 Å². The highest BCUT2D eigenvalue weighted by Gasteiger charge is 2.21. The number of carbonyl (C=O) groups excluding carboxylic acids is 1. The third-order valence-electron chi connectivity index (χ3n) is 5.35. The first-order chi connectivity index (χ1) is 14.1.